The summed E-state index contributed by atoms with van der Waals surface area (Å²) in [6, 6.07) is 8.08. The molecule has 4 heterocycles. The van der Waals surface area contributed by atoms with Crippen molar-refractivity contribution in [3.63, 3.8) is 0 Å². The summed E-state index contributed by atoms with van der Waals surface area (Å²) in [6.07, 6.45) is 0.477. The number of benzene rings is 1. The SMILES string of the molecule is Cc1ccc2cc([C@@H](O)Cn3nnc(Cn4cnc5oc(C)c(C(N)=O)c5c4=O)n3)sc2c1. The zero-order valence-electron chi connectivity index (χ0n) is 17.7. The summed E-state index contributed by atoms with van der Waals surface area (Å²) in [5.41, 5.74) is 6.10. The van der Waals surface area contributed by atoms with Crippen LogP contribution in [0.4, 0.5) is 0 Å². The van der Waals surface area contributed by atoms with E-state index in [2.05, 4.69) is 26.5 Å². The standard InChI is InChI=1S/C21H19N7O4S/c1-10-3-4-12-6-15(33-14(12)5-10)13(29)7-28-25-16(24-26-28)8-27-9-23-20-18(21(27)31)17(19(22)30)11(2)32-20/h3-6,9,13,29H,7-8H2,1-2H3,(H2,22,30)/t13-/m0/s1. The van der Waals surface area contributed by atoms with E-state index in [9.17, 15) is 14.7 Å². The molecular formula is C21H19N7O4S. The molecule has 0 saturated heterocycles. The Morgan fingerprint density at radius 1 is 1.30 bits per heavy atom. The van der Waals surface area contributed by atoms with Gasteiger partial charge in [-0.05, 0) is 42.1 Å². The van der Waals surface area contributed by atoms with Crippen LogP contribution in [-0.4, -0.2) is 40.8 Å². The van der Waals surface area contributed by atoms with Gasteiger partial charge in [0.25, 0.3) is 11.5 Å². The number of fused-ring (bicyclic) bond motifs is 2. The lowest BCUT2D eigenvalue weighted by atomic mass is 10.2. The second-order valence-corrected chi connectivity index (χ2v) is 8.84. The molecule has 0 unspecified atom stereocenters. The number of aliphatic hydroxyl groups is 1. The Morgan fingerprint density at radius 2 is 2.12 bits per heavy atom. The van der Waals surface area contributed by atoms with Crippen LogP contribution in [0, 0.1) is 13.8 Å². The fraction of sp³-hybridized carbons (Fsp3) is 0.238. The van der Waals surface area contributed by atoms with E-state index >= 15 is 0 Å². The molecule has 33 heavy (non-hydrogen) atoms. The zero-order valence-corrected chi connectivity index (χ0v) is 18.5. The fourth-order valence-corrected chi connectivity index (χ4v) is 4.82. The summed E-state index contributed by atoms with van der Waals surface area (Å²) >= 11 is 1.52. The minimum Gasteiger partial charge on any atom is -0.442 e. The van der Waals surface area contributed by atoms with Gasteiger partial charge in [-0.3, -0.25) is 14.2 Å². The first kappa shape index (κ1) is 21.0. The van der Waals surface area contributed by atoms with E-state index in [4.69, 9.17) is 10.2 Å². The van der Waals surface area contributed by atoms with Crippen molar-refractivity contribution in [1.82, 2.24) is 29.8 Å². The van der Waals surface area contributed by atoms with Crippen molar-refractivity contribution in [3.8, 4) is 0 Å². The highest BCUT2D eigenvalue weighted by molar-refractivity contribution is 7.19. The smallest absolute Gasteiger partial charge is 0.265 e. The van der Waals surface area contributed by atoms with Crippen LogP contribution in [0.2, 0.25) is 0 Å². The van der Waals surface area contributed by atoms with Crippen molar-refractivity contribution in [1.29, 1.82) is 0 Å². The highest BCUT2D eigenvalue weighted by Gasteiger charge is 2.21. The minimum absolute atomic E-state index is 0.00937. The van der Waals surface area contributed by atoms with Crippen LogP contribution >= 0.6 is 11.3 Å². The molecule has 1 amide bonds. The summed E-state index contributed by atoms with van der Waals surface area (Å²) in [4.78, 5) is 30.8. The van der Waals surface area contributed by atoms with Gasteiger partial charge in [0, 0.05) is 9.58 Å². The number of hydrogen-bond donors (Lipinski definition) is 2. The quantitative estimate of drug-likeness (QED) is 0.384. The van der Waals surface area contributed by atoms with Gasteiger partial charge in [-0.2, -0.15) is 4.80 Å². The van der Waals surface area contributed by atoms with Crippen LogP contribution in [-0.2, 0) is 13.1 Å². The molecular weight excluding hydrogens is 446 g/mol. The number of rotatable bonds is 6. The Balaban J connectivity index is 1.37. The monoisotopic (exact) mass is 465 g/mol. The summed E-state index contributed by atoms with van der Waals surface area (Å²) in [6.45, 7) is 3.65. The second kappa shape index (κ2) is 7.90. The van der Waals surface area contributed by atoms with Gasteiger partial charge < -0.3 is 15.3 Å². The van der Waals surface area contributed by atoms with Crippen LogP contribution < -0.4 is 11.3 Å². The summed E-state index contributed by atoms with van der Waals surface area (Å²) in [7, 11) is 0. The molecule has 0 spiro atoms. The van der Waals surface area contributed by atoms with E-state index in [1.807, 2.05) is 25.1 Å². The first-order valence-corrected chi connectivity index (χ1v) is 10.8. The Labute approximate surface area is 190 Å². The molecule has 4 aromatic heterocycles. The predicted molar refractivity (Wildman–Crippen MR) is 120 cm³/mol. The number of amides is 1. The third kappa shape index (κ3) is 3.79. The van der Waals surface area contributed by atoms with Crippen LogP contribution in [0.15, 0.2) is 39.8 Å². The number of primary amides is 1. The molecule has 3 N–H and O–H groups in total. The molecule has 0 aliphatic heterocycles. The van der Waals surface area contributed by atoms with E-state index in [-0.39, 0.29) is 41.3 Å². The van der Waals surface area contributed by atoms with Crippen LogP contribution in [0.25, 0.3) is 21.2 Å². The number of aryl methyl sites for hydroxylation is 2. The average Bonchev–Trinajstić information content (AvgIpc) is 3.46. The average molecular weight is 465 g/mol. The number of aliphatic hydroxyl groups excluding tert-OH is 1. The van der Waals surface area contributed by atoms with Gasteiger partial charge >= 0.3 is 0 Å². The van der Waals surface area contributed by atoms with Gasteiger partial charge in [-0.25, -0.2) is 4.98 Å². The lowest BCUT2D eigenvalue weighted by Gasteiger charge is -2.06. The first-order valence-electron chi connectivity index (χ1n) is 10.0. The van der Waals surface area contributed by atoms with Crippen molar-refractivity contribution >= 4 is 38.4 Å². The molecule has 0 saturated carbocycles. The van der Waals surface area contributed by atoms with Gasteiger partial charge in [0.15, 0.2) is 5.82 Å². The molecule has 5 aromatic rings. The minimum atomic E-state index is -0.808. The summed E-state index contributed by atoms with van der Waals surface area (Å²) < 4.78 is 7.71. The zero-order chi connectivity index (χ0) is 23.3. The molecule has 0 bridgehead atoms. The molecule has 5 rings (SSSR count). The Bertz CT molecular complexity index is 1580. The number of carbonyl (C=O) groups excluding carboxylic acids is 1. The number of aromatic nitrogens is 6. The highest BCUT2D eigenvalue weighted by atomic mass is 32.1. The van der Waals surface area contributed by atoms with E-state index in [0.29, 0.717) is 0 Å². The van der Waals surface area contributed by atoms with Gasteiger partial charge in [-0.15, -0.1) is 21.5 Å². The van der Waals surface area contributed by atoms with E-state index in [1.165, 1.54) is 27.0 Å². The number of nitrogens with two attached hydrogens (primary N) is 1. The van der Waals surface area contributed by atoms with E-state index in [1.54, 1.807) is 6.92 Å². The number of hydrogen-bond acceptors (Lipinski definition) is 9. The largest absolute Gasteiger partial charge is 0.442 e. The lowest BCUT2D eigenvalue weighted by Crippen LogP contribution is -2.24. The second-order valence-electron chi connectivity index (χ2n) is 7.72. The van der Waals surface area contributed by atoms with Crippen LogP contribution in [0.5, 0.6) is 0 Å². The van der Waals surface area contributed by atoms with E-state index < -0.39 is 17.6 Å². The maximum absolute atomic E-state index is 12.9. The predicted octanol–water partition coefficient (Wildman–Crippen LogP) is 1.69. The molecule has 0 aliphatic carbocycles. The Morgan fingerprint density at radius 3 is 2.91 bits per heavy atom. The fourth-order valence-electron chi connectivity index (χ4n) is 3.68. The number of carbonyl (C=O) groups is 1. The molecule has 0 aliphatic rings. The van der Waals surface area contributed by atoms with Crippen molar-refractivity contribution in [3.05, 3.63) is 68.5 Å². The van der Waals surface area contributed by atoms with Gasteiger partial charge in [0.05, 0.1) is 18.7 Å². The third-order valence-electron chi connectivity index (χ3n) is 5.27. The maximum Gasteiger partial charge on any atom is 0.265 e. The normalized spacial score (nSPS) is 12.6. The molecule has 1 aromatic carbocycles. The van der Waals surface area contributed by atoms with Crippen molar-refractivity contribution in [2.24, 2.45) is 5.73 Å². The molecule has 168 valence electrons. The molecule has 12 heteroatoms. The third-order valence-corrected chi connectivity index (χ3v) is 6.47. The first-order chi connectivity index (χ1) is 15.8. The molecule has 0 fully saturated rings. The van der Waals surface area contributed by atoms with Crippen molar-refractivity contribution < 1.29 is 14.3 Å². The van der Waals surface area contributed by atoms with Crippen molar-refractivity contribution in [2.75, 3.05) is 0 Å². The Kier molecular flexibility index (Phi) is 5.02. The van der Waals surface area contributed by atoms with Crippen LogP contribution in [0.1, 0.15) is 38.5 Å². The topological polar surface area (TPSA) is 155 Å². The molecule has 11 nitrogen and oxygen atoms in total. The molecule has 1 atom stereocenters. The highest BCUT2D eigenvalue weighted by Crippen LogP contribution is 2.31. The number of tetrazole rings is 1. The van der Waals surface area contributed by atoms with Crippen LogP contribution in [0.3, 0.4) is 0 Å². The van der Waals surface area contributed by atoms with Gasteiger partial charge in [-0.1, -0.05) is 12.1 Å². The maximum atomic E-state index is 12.9. The van der Waals surface area contributed by atoms with E-state index in [0.717, 1.165) is 20.5 Å². The molecule has 0 radical (unpaired) electrons. The summed E-state index contributed by atoms with van der Waals surface area (Å²) in [5.74, 6) is -0.287. The van der Waals surface area contributed by atoms with Gasteiger partial charge in [0.2, 0.25) is 5.71 Å². The summed E-state index contributed by atoms with van der Waals surface area (Å²) in [5, 5.41) is 23.9. The lowest BCUT2D eigenvalue weighted by molar-refractivity contribution is 0.1000. The van der Waals surface area contributed by atoms with Crippen molar-refractivity contribution in [2.45, 2.75) is 33.0 Å². The number of furan rings is 1. The number of thiophene rings is 1. The number of nitrogens with zero attached hydrogens (tertiary/aromatic N) is 6. The van der Waals surface area contributed by atoms with Gasteiger partial charge in [0.1, 0.15) is 23.6 Å². The Hall–Kier alpha value is -3.90.